The van der Waals surface area contributed by atoms with Crippen molar-refractivity contribution < 1.29 is 28.0 Å². The smallest absolute Gasteiger partial charge is 0.255 e. The number of furan rings is 1. The van der Waals surface area contributed by atoms with Crippen molar-refractivity contribution >= 4 is 23.3 Å². The number of methoxy groups -OCH3 is 1. The number of rotatable bonds is 7. The first-order valence-corrected chi connectivity index (χ1v) is 10.2. The maximum absolute atomic E-state index is 12.7. The molecule has 2 aromatic heterocycles. The summed E-state index contributed by atoms with van der Waals surface area (Å²) in [6, 6.07) is 7.08. The molecule has 1 aliphatic rings. The van der Waals surface area contributed by atoms with Crippen LogP contribution < -0.4 is 10.6 Å². The number of nitrogens with zero attached hydrogens (tertiary/aromatic N) is 1. The number of nitrogens with one attached hydrogen (secondary N) is 2. The highest BCUT2D eigenvalue weighted by Crippen LogP contribution is 2.27. The molecule has 0 fully saturated rings. The van der Waals surface area contributed by atoms with Crippen LogP contribution in [0.1, 0.15) is 50.8 Å². The molecular formula is C23H23N3O6. The molecular weight excluding hydrogens is 414 g/mol. The van der Waals surface area contributed by atoms with Gasteiger partial charge in [0.2, 0.25) is 11.8 Å². The van der Waals surface area contributed by atoms with Gasteiger partial charge in [0.25, 0.3) is 5.91 Å². The second-order valence-electron chi connectivity index (χ2n) is 7.49. The summed E-state index contributed by atoms with van der Waals surface area (Å²) in [4.78, 5) is 41.1. The summed E-state index contributed by atoms with van der Waals surface area (Å²) in [5.41, 5.74) is 2.47. The van der Waals surface area contributed by atoms with Gasteiger partial charge in [0.1, 0.15) is 30.1 Å². The van der Waals surface area contributed by atoms with Gasteiger partial charge in [-0.3, -0.25) is 14.4 Å². The van der Waals surface area contributed by atoms with Gasteiger partial charge in [0.05, 0.1) is 17.7 Å². The Morgan fingerprint density at radius 2 is 2.09 bits per heavy atom. The largest absolute Gasteiger partial charge is 0.468 e. The fourth-order valence-electron chi connectivity index (χ4n) is 3.62. The zero-order valence-corrected chi connectivity index (χ0v) is 17.8. The lowest BCUT2D eigenvalue weighted by molar-refractivity contribution is -0.119. The minimum atomic E-state index is -0.392. The fourth-order valence-corrected chi connectivity index (χ4v) is 3.62. The third-order valence-corrected chi connectivity index (χ3v) is 5.18. The molecule has 4 rings (SSSR count). The molecule has 3 aromatic rings. The Labute approximate surface area is 184 Å². The van der Waals surface area contributed by atoms with Gasteiger partial charge in [-0.25, -0.2) is 4.98 Å². The third-order valence-electron chi connectivity index (χ3n) is 5.18. The Kier molecular flexibility index (Phi) is 6.18. The Morgan fingerprint density at radius 1 is 1.25 bits per heavy atom. The minimum absolute atomic E-state index is 0.0440. The number of ether oxygens (including phenoxy) is 1. The van der Waals surface area contributed by atoms with E-state index < -0.39 is 5.91 Å². The molecule has 2 heterocycles. The molecule has 0 atom stereocenters. The number of aryl methyl sites for hydroxylation is 2. The molecule has 166 valence electrons. The van der Waals surface area contributed by atoms with E-state index in [1.54, 1.807) is 25.1 Å². The number of hydrogen-bond acceptors (Lipinski definition) is 7. The van der Waals surface area contributed by atoms with E-state index in [0.717, 1.165) is 6.42 Å². The SMILES string of the molecule is COCC(=O)Nc1cccc(-c2nc(CNC(=O)c3coc4c3C(=O)CCC4)c(C)o2)c1. The van der Waals surface area contributed by atoms with Gasteiger partial charge in [0.15, 0.2) is 5.78 Å². The summed E-state index contributed by atoms with van der Waals surface area (Å²) in [6.45, 7) is 1.84. The van der Waals surface area contributed by atoms with Crippen molar-refractivity contribution in [1.29, 1.82) is 0 Å². The quantitative estimate of drug-likeness (QED) is 0.581. The monoisotopic (exact) mass is 437 g/mol. The van der Waals surface area contributed by atoms with Crippen molar-refractivity contribution in [2.75, 3.05) is 19.0 Å². The van der Waals surface area contributed by atoms with E-state index in [1.807, 2.05) is 6.07 Å². The number of oxazole rings is 1. The predicted molar refractivity (Wildman–Crippen MR) is 114 cm³/mol. The first-order valence-electron chi connectivity index (χ1n) is 10.2. The molecule has 0 saturated carbocycles. The number of carbonyl (C=O) groups excluding carboxylic acids is 3. The van der Waals surface area contributed by atoms with E-state index in [1.165, 1.54) is 13.4 Å². The summed E-state index contributed by atoms with van der Waals surface area (Å²) in [7, 11) is 1.45. The molecule has 0 aliphatic heterocycles. The van der Waals surface area contributed by atoms with Crippen LogP contribution in [0, 0.1) is 6.92 Å². The van der Waals surface area contributed by atoms with E-state index in [0.29, 0.717) is 52.8 Å². The van der Waals surface area contributed by atoms with Crippen LogP contribution in [0.2, 0.25) is 0 Å². The number of amides is 2. The minimum Gasteiger partial charge on any atom is -0.468 e. The van der Waals surface area contributed by atoms with Crippen molar-refractivity contribution in [2.45, 2.75) is 32.7 Å². The van der Waals surface area contributed by atoms with E-state index in [2.05, 4.69) is 15.6 Å². The summed E-state index contributed by atoms with van der Waals surface area (Å²) in [6.07, 6.45) is 3.15. The molecule has 2 amide bonds. The number of anilines is 1. The normalized spacial score (nSPS) is 13.0. The maximum atomic E-state index is 12.7. The zero-order valence-electron chi connectivity index (χ0n) is 17.8. The molecule has 2 N–H and O–H groups in total. The van der Waals surface area contributed by atoms with Crippen LogP contribution >= 0.6 is 0 Å². The fraction of sp³-hybridized carbons (Fsp3) is 0.304. The van der Waals surface area contributed by atoms with Gasteiger partial charge in [-0.15, -0.1) is 0 Å². The highest BCUT2D eigenvalue weighted by Gasteiger charge is 2.28. The molecule has 0 radical (unpaired) electrons. The van der Waals surface area contributed by atoms with E-state index in [9.17, 15) is 14.4 Å². The topological polar surface area (TPSA) is 124 Å². The molecule has 9 heteroatoms. The molecule has 0 spiro atoms. The second kappa shape index (κ2) is 9.19. The molecule has 9 nitrogen and oxygen atoms in total. The van der Waals surface area contributed by atoms with E-state index >= 15 is 0 Å². The number of carbonyl (C=O) groups is 3. The summed E-state index contributed by atoms with van der Waals surface area (Å²) < 4.78 is 16.0. The van der Waals surface area contributed by atoms with E-state index in [-0.39, 0.29) is 30.4 Å². The van der Waals surface area contributed by atoms with Crippen molar-refractivity contribution in [1.82, 2.24) is 10.3 Å². The van der Waals surface area contributed by atoms with Crippen molar-refractivity contribution in [3.05, 3.63) is 58.9 Å². The number of ketones is 1. The summed E-state index contributed by atoms with van der Waals surface area (Å²) in [5.74, 6) is 0.768. The summed E-state index contributed by atoms with van der Waals surface area (Å²) in [5, 5.41) is 5.52. The van der Waals surface area contributed by atoms with E-state index in [4.69, 9.17) is 13.6 Å². The average Bonchev–Trinajstić information content (AvgIpc) is 3.37. The van der Waals surface area contributed by atoms with Crippen LogP contribution in [-0.2, 0) is 22.5 Å². The average molecular weight is 437 g/mol. The molecule has 1 aliphatic carbocycles. The first kappa shape index (κ1) is 21.5. The highest BCUT2D eigenvalue weighted by atomic mass is 16.5. The number of benzene rings is 1. The van der Waals surface area contributed by atoms with Gasteiger partial charge in [-0.05, 0) is 31.5 Å². The molecule has 0 bridgehead atoms. The van der Waals surface area contributed by atoms with Crippen LogP contribution in [0.25, 0.3) is 11.5 Å². The highest BCUT2D eigenvalue weighted by molar-refractivity contribution is 6.09. The number of Topliss-reactive ketones (excluding diaryl/α,β-unsaturated/α-hetero) is 1. The molecule has 1 aromatic carbocycles. The number of fused-ring (bicyclic) bond motifs is 1. The Hall–Kier alpha value is -3.72. The Morgan fingerprint density at radius 3 is 2.91 bits per heavy atom. The van der Waals surface area contributed by atoms with Gasteiger partial charge < -0.3 is 24.2 Å². The van der Waals surface area contributed by atoms with Gasteiger partial charge in [-0.2, -0.15) is 0 Å². The number of aromatic nitrogens is 1. The lowest BCUT2D eigenvalue weighted by Crippen LogP contribution is -2.25. The predicted octanol–water partition coefficient (Wildman–Crippen LogP) is 3.28. The van der Waals surface area contributed by atoms with Gasteiger partial charge in [-0.1, -0.05) is 6.07 Å². The molecule has 0 unspecified atom stereocenters. The van der Waals surface area contributed by atoms with Crippen molar-refractivity contribution in [3.63, 3.8) is 0 Å². The van der Waals surface area contributed by atoms with Crippen LogP contribution in [0.5, 0.6) is 0 Å². The lowest BCUT2D eigenvalue weighted by Gasteiger charge is -2.10. The number of hydrogen-bond donors (Lipinski definition) is 2. The summed E-state index contributed by atoms with van der Waals surface area (Å²) >= 11 is 0. The Bertz CT molecular complexity index is 1180. The maximum Gasteiger partial charge on any atom is 0.255 e. The first-order chi connectivity index (χ1) is 15.5. The lowest BCUT2D eigenvalue weighted by atomic mass is 9.94. The Balaban J connectivity index is 1.46. The molecule has 0 saturated heterocycles. The van der Waals surface area contributed by atoms with Crippen LogP contribution in [0.3, 0.4) is 0 Å². The van der Waals surface area contributed by atoms with Gasteiger partial charge in [0, 0.05) is 31.2 Å². The third kappa shape index (κ3) is 4.47. The van der Waals surface area contributed by atoms with Crippen LogP contribution in [0.15, 0.2) is 39.4 Å². The standard InChI is InChI=1S/C23H23N3O6/c1-13-17(10-24-22(29)16-11-31-19-8-4-7-18(27)21(16)19)26-23(32-13)14-5-3-6-15(9-14)25-20(28)12-30-2/h3,5-6,9,11H,4,7-8,10,12H2,1-2H3,(H,24,29)(H,25,28). The van der Waals surface area contributed by atoms with Gasteiger partial charge >= 0.3 is 0 Å². The molecule has 32 heavy (non-hydrogen) atoms. The van der Waals surface area contributed by atoms with Crippen LogP contribution in [-0.4, -0.2) is 36.3 Å². The zero-order chi connectivity index (χ0) is 22.7. The van der Waals surface area contributed by atoms with Crippen molar-refractivity contribution in [2.24, 2.45) is 0 Å². The van der Waals surface area contributed by atoms with Crippen molar-refractivity contribution in [3.8, 4) is 11.5 Å². The van der Waals surface area contributed by atoms with Crippen LogP contribution in [0.4, 0.5) is 5.69 Å². The second-order valence-corrected chi connectivity index (χ2v) is 7.49.